The molecule has 1 aliphatic rings. The smallest absolute Gasteiger partial charge is 0.122 e. The summed E-state index contributed by atoms with van der Waals surface area (Å²) in [6, 6.07) is 12.1. The number of thioether (sulfide) groups is 1. The normalized spacial score (nSPS) is 13.1. The molecule has 0 spiro atoms. The van der Waals surface area contributed by atoms with E-state index in [0.717, 1.165) is 46.6 Å². The molecule has 0 aromatic heterocycles. The van der Waals surface area contributed by atoms with E-state index < -0.39 is 0 Å². The van der Waals surface area contributed by atoms with Gasteiger partial charge < -0.3 is 10.5 Å². The molecule has 0 radical (unpaired) electrons. The molecule has 0 aliphatic carbocycles. The third kappa shape index (κ3) is 2.89. The lowest BCUT2D eigenvalue weighted by atomic mass is 10.1. The Balaban J connectivity index is 1.63. The van der Waals surface area contributed by atoms with Gasteiger partial charge in [-0.1, -0.05) is 29.8 Å². The van der Waals surface area contributed by atoms with Gasteiger partial charge in [-0.2, -0.15) is 0 Å². The quantitative estimate of drug-likeness (QED) is 0.679. The molecule has 0 saturated heterocycles. The first-order valence-electron chi connectivity index (χ1n) is 6.65. The first-order valence-corrected chi connectivity index (χ1v) is 8.02. The van der Waals surface area contributed by atoms with Gasteiger partial charge in [-0.25, -0.2) is 0 Å². The van der Waals surface area contributed by atoms with E-state index in [1.165, 1.54) is 11.1 Å². The van der Waals surface area contributed by atoms with E-state index in [1.54, 1.807) is 11.8 Å². The fourth-order valence-electron chi connectivity index (χ4n) is 2.34. The van der Waals surface area contributed by atoms with E-state index in [1.807, 2.05) is 18.2 Å². The Labute approximate surface area is 128 Å². The second-order valence-electron chi connectivity index (χ2n) is 4.80. The molecule has 0 amide bonds. The molecule has 1 aliphatic heterocycles. The third-order valence-electron chi connectivity index (χ3n) is 3.39. The van der Waals surface area contributed by atoms with Gasteiger partial charge in [0, 0.05) is 22.8 Å². The average Bonchev–Trinajstić information content (AvgIpc) is 2.89. The Morgan fingerprint density at radius 3 is 3.00 bits per heavy atom. The van der Waals surface area contributed by atoms with Crippen molar-refractivity contribution in [1.29, 1.82) is 0 Å². The lowest BCUT2D eigenvalue weighted by Gasteiger charge is -2.08. The summed E-state index contributed by atoms with van der Waals surface area (Å²) in [4.78, 5) is 0.985. The molecular formula is C16H16ClNOS. The lowest BCUT2D eigenvalue weighted by molar-refractivity contribution is 0.357. The van der Waals surface area contributed by atoms with Crippen LogP contribution in [-0.2, 0) is 12.8 Å². The van der Waals surface area contributed by atoms with Crippen LogP contribution in [0.5, 0.6) is 5.75 Å². The number of fused-ring (bicyclic) bond motifs is 1. The fraction of sp³-hybridized carbons (Fsp3) is 0.250. The van der Waals surface area contributed by atoms with Crippen LogP contribution >= 0.6 is 23.4 Å². The number of nitrogens with two attached hydrogens (primary N) is 1. The molecular weight excluding hydrogens is 290 g/mol. The highest BCUT2D eigenvalue weighted by Gasteiger charge is 2.12. The van der Waals surface area contributed by atoms with Crippen molar-refractivity contribution in [3.63, 3.8) is 0 Å². The molecule has 0 bridgehead atoms. The monoisotopic (exact) mass is 305 g/mol. The van der Waals surface area contributed by atoms with Gasteiger partial charge in [0.1, 0.15) is 5.75 Å². The van der Waals surface area contributed by atoms with Crippen LogP contribution in [0, 0.1) is 0 Å². The van der Waals surface area contributed by atoms with Gasteiger partial charge in [0.15, 0.2) is 0 Å². The first kappa shape index (κ1) is 13.7. The topological polar surface area (TPSA) is 35.2 Å². The zero-order chi connectivity index (χ0) is 13.9. The summed E-state index contributed by atoms with van der Waals surface area (Å²) in [7, 11) is 0. The molecule has 2 aromatic carbocycles. The minimum atomic E-state index is 0.734. The number of halogens is 1. The van der Waals surface area contributed by atoms with Gasteiger partial charge in [0.05, 0.1) is 11.6 Å². The zero-order valence-corrected chi connectivity index (χ0v) is 12.6. The maximum absolute atomic E-state index is 6.17. The Kier molecular flexibility index (Phi) is 4.08. The largest absolute Gasteiger partial charge is 0.493 e. The van der Waals surface area contributed by atoms with E-state index in [-0.39, 0.29) is 0 Å². The molecule has 1 heterocycles. The SMILES string of the molecule is Nc1cccc(Cl)c1SCCc1ccc2c(c1)CCO2. The van der Waals surface area contributed by atoms with E-state index in [2.05, 4.69) is 18.2 Å². The van der Waals surface area contributed by atoms with Crippen LogP contribution in [0.1, 0.15) is 11.1 Å². The van der Waals surface area contributed by atoms with Crippen LogP contribution in [0.15, 0.2) is 41.3 Å². The highest BCUT2D eigenvalue weighted by Crippen LogP contribution is 2.33. The van der Waals surface area contributed by atoms with Gasteiger partial charge in [0.2, 0.25) is 0 Å². The van der Waals surface area contributed by atoms with Gasteiger partial charge in [0.25, 0.3) is 0 Å². The number of anilines is 1. The van der Waals surface area contributed by atoms with Gasteiger partial charge in [-0.3, -0.25) is 0 Å². The van der Waals surface area contributed by atoms with Gasteiger partial charge in [-0.15, -0.1) is 11.8 Å². The summed E-state index contributed by atoms with van der Waals surface area (Å²) in [5, 5.41) is 0.734. The van der Waals surface area contributed by atoms with Crippen LogP contribution in [0.2, 0.25) is 5.02 Å². The van der Waals surface area contributed by atoms with Crippen molar-refractivity contribution >= 4 is 29.1 Å². The number of rotatable bonds is 4. The second-order valence-corrected chi connectivity index (χ2v) is 6.31. The van der Waals surface area contributed by atoms with Gasteiger partial charge >= 0.3 is 0 Å². The summed E-state index contributed by atoms with van der Waals surface area (Å²) in [6.45, 7) is 0.809. The molecule has 0 saturated carbocycles. The fourth-order valence-corrected chi connectivity index (χ4v) is 3.67. The molecule has 104 valence electrons. The first-order chi connectivity index (χ1) is 9.74. The molecule has 2 N–H and O–H groups in total. The maximum Gasteiger partial charge on any atom is 0.122 e. The zero-order valence-electron chi connectivity index (χ0n) is 11.1. The van der Waals surface area contributed by atoms with Crippen molar-refractivity contribution in [3.8, 4) is 5.75 Å². The number of hydrogen-bond acceptors (Lipinski definition) is 3. The molecule has 2 aromatic rings. The summed E-state index contributed by atoms with van der Waals surface area (Å²) in [5.41, 5.74) is 9.37. The van der Waals surface area contributed by atoms with Crippen LogP contribution < -0.4 is 10.5 Å². The van der Waals surface area contributed by atoms with Gasteiger partial charge in [-0.05, 0) is 35.7 Å². The minimum Gasteiger partial charge on any atom is -0.493 e. The molecule has 3 rings (SSSR count). The molecule has 20 heavy (non-hydrogen) atoms. The summed E-state index contributed by atoms with van der Waals surface area (Å²) in [6.07, 6.45) is 2.02. The maximum atomic E-state index is 6.17. The summed E-state index contributed by atoms with van der Waals surface area (Å²) < 4.78 is 5.52. The standard InChI is InChI=1S/C16H16ClNOS/c17-13-2-1-3-14(18)16(13)20-9-7-11-4-5-15-12(10-11)6-8-19-15/h1-5,10H,6-9,18H2. The number of aryl methyl sites for hydroxylation is 1. The van der Waals surface area contributed by atoms with E-state index >= 15 is 0 Å². The average molecular weight is 306 g/mol. The van der Waals surface area contributed by atoms with Crippen LogP contribution in [0.25, 0.3) is 0 Å². The Morgan fingerprint density at radius 1 is 1.25 bits per heavy atom. The number of benzene rings is 2. The van der Waals surface area contributed by atoms with Crippen molar-refractivity contribution in [2.24, 2.45) is 0 Å². The van der Waals surface area contributed by atoms with Crippen molar-refractivity contribution < 1.29 is 4.74 Å². The van der Waals surface area contributed by atoms with Crippen LogP contribution in [0.3, 0.4) is 0 Å². The minimum absolute atomic E-state index is 0.734. The Bertz CT molecular complexity index is 610. The number of hydrogen-bond donors (Lipinski definition) is 1. The van der Waals surface area contributed by atoms with E-state index in [4.69, 9.17) is 22.1 Å². The van der Waals surface area contributed by atoms with Crippen molar-refractivity contribution in [2.45, 2.75) is 17.7 Å². The number of ether oxygens (including phenoxy) is 1. The predicted molar refractivity (Wildman–Crippen MR) is 85.9 cm³/mol. The Hall–Kier alpha value is -1.32. The van der Waals surface area contributed by atoms with Crippen molar-refractivity contribution in [2.75, 3.05) is 18.1 Å². The molecule has 0 unspecified atom stereocenters. The highest BCUT2D eigenvalue weighted by atomic mass is 35.5. The molecule has 2 nitrogen and oxygen atoms in total. The predicted octanol–water partition coefficient (Wildman–Crippen LogP) is 4.19. The third-order valence-corrected chi connectivity index (χ3v) is 4.97. The Morgan fingerprint density at radius 2 is 2.15 bits per heavy atom. The molecule has 0 fully saturated rings. The molecule has 0 atom stereocenters. The summed E-state index contributed by atoms with van der Waals surface area (Å²) >= 11 is 7.88. The van der Waals surface area contributed by atoms with E-state index in [9.17, 15) is 0 Å². The summed E-state index contributed by atoms with van der Waals surface area (Å²) in [5.74, 6) is 2.00. The second kappa shape index (κ2) is 5.98. The van der Waals surface area contributed by atoms with Crippen LogP contribution in [-0.4, -0.2) is 12.4 Å². The van der Waals surface area contributed by atoms with Crippen LogP contribution in [0.4, 0.5) is 5.69 Å². The molecule has 4 heteroatoms. The van der Waals surface area contributed by atoms with E-state index in [0.29, 0.717) is 0 Å². The van der Waals surface area contributed by atoms with Crippen molar-refractivity contribution in [1.82, 2.24) is 0 Å². The highest BCUT2D eigenvalue weighted by molar-refractivity contribution is 7.99. The number of nitrogen functional groups attached to an aromatic ring is 1. The lowest BCUT2D eigenvalue weighted by Crippen LogP contribution is -1.93. The van der Waals surface area contributed by atoms with Crippen molar-refractivity contribution in [3.05, 3.63) is 52.5 Å².